The summed E-state index contributed by atoms with van der Waals surface area (Å²) in [4.78, 5) is 26.8. The van der Waals surface area contributed by atoms with E-state index in [0.717, 1.165) is 15.5 Å². The minimum absolute atomic E-state index is 0.130. The Bertz CT molecular complexity index is 704. The minimum Gasteiger partial charge on any atom is -0.297 e. The highest BCUT2D eigenvalue weighted by Crippen LogP contribution is 2.13. The van der Waals surface area contributed by atoms with Gasteiger partial charge in [0.2, 0.25) is 0 Å². The molecule has 1 N–H and O–H groups in total. The Balaban J connectivity index is 2.70. The van der Waals surface area contributed by atoms with Crippen molar-refractivity contribution in [2.75, 3.05) is 0 Å². The molecule has 0 radical (unpaired) electrons. The second kappa shape index (κ2) is 5.75. The number of hydrogen-bond acceptors (Lipinski definition) is 2. The lowest BCUT2D eigenvalue weighted by atomic mass is 10.2. The fraction of sp³-hybridized carbons (Fsp3) is 0.231. The number of rotatable bonds is 3. The van der Waals surface area contributed by atoms with E-state index in [4.69, 9.17) is 11.6 Å². The fourth-order valence-electron chi connectivity index (χ4n) is 1.84. The summed E-state index contributed by atoms with van der Waals surface area (Å²) in [5, 5.41) is 0.130. The van der Waals surface area contributed by atoms with E-state index in [0.29, 0.717) is 17.7 Å². The summed E-state index contributed by atoms with van der Waals surface area (Å²) in [7, 11) is 0. The van der Waals surface area contributed by atoms with Crippen LogP contribution in [0.3, 0.4) is 0 Å². The number of aromatic nitrogens is 2. The molecular formula is C13H12BrClN2O2. The molecule has 4 nitrogen and oxygen atoms in total. The minimum atomic E-state index is -0.530. The quantitative estimate of drug-likeness (QED) is 0.871. The zero-order valence-electron chi connectivity index (χ0n) is 10.2. The number of H-pyrrole nitrogens is 1. The van der Waals surface area contributed by atoms with Crippen molar-refractivity contribution in [3.63, 3.8) is 0 Å². The summed E-state index contributed by atoms with van der Waals surface area (Å²) in [5.41, 5.74) is 0.0604. The third kappa shape index (κ3) is 2.82. The first-order valence-electron chi connectivity index (χ1n) is 5.84. The van der Waals surface area contributed by atoms with Crippen molar-refractivity contribution in [2.24, 2.45) is 0 Å². The predicted molar refractivity (Wildman–Crippen MR) is 79.4 cm³/mol. The van der Waals surface area contributed by atoms with Crippen LogP contribution in [0, 0.1) is 0 Å². The van der Waals surface area contributed by atoms with Crippen molar-refractivity contribution in [3.05, 3.63) is 60.3 Å². The van der Waals surface area contributed by atoms with Crippen LogP contribution in [0.2, 0.25) is 5.15 Å². The Morgan fingerprint density at radius 3 is 2.47 bits per heavy atom. The topological polar surface area (TPSA) is 54.9 Å². The maximum Gasteiger partial charge on any atom is 0.334 e. The van der Waals surface area contributed by atoms with Gasteiger partial charge in [0.1, 0.15) is 5.15 Å². The first-order valence-corrected chi connectivity index (χ1v) is 7.01. The summed E-state index contributed by atoms with van der Waals surface area (Å²) in [6.45, 7) is 1.95. The van der Waals surface area contributed by atoms with E-state index in [2.05, 4.69) is 20.9 Å². The Kier molecular flexibility index (Phi) is 4.27. The second-order valence-corrected chi connectivity index (χ2v) is 5.38. The van der Waals surface area contributed by atoms with Crippen LogP contribution in [0.25, 0.3) is 5.69 Å². The molecule has 19 heavy (non-hydrogen) atoms. The van der Waals surface area contributed by atoms with Gasteiger partial charge in [0, 0.05) is 4.47 Å². The normalized spacial score (nSPS) is 10.7. The smallest absolute Gasteiger partial charge is 0.297 e. The molecule has 0 aliphatic carbocycles. The molecule has 0 bridgehead atoms. The van der Waals surface area contributed by atoms with Gasteiger partial charge in [0.05, 0.1) is 11.3 Å². The molecule has 1 aromatic heterocycles. The average molecular weight is 344 g/mol. The first-order chi connectivity index (χ1) is 9.04. The van der Waals surface area contributed by atoms with Gasteiger partial charge < -0.3 is 0 Å². The van der Waals surface area contributed by atoms with Gasteiger partial charge in [-0.05, 0) is 30.7 Å². The molecule has 100 valence electrons. The summed E-state index contributed by atoms with van der Waals surface area (Å²) in [6, 6.07) is 6.94. The van der Waals surface area contributed by atoms with E-state index in [-0.39, 0.29) is 10.7 Å². The lowest BCUT2D eigenvalue weighted by Gasteiger charge is -2.08. The molecule has 0 amide bonds. The Labute approximate surface area is 123 Å². The van der Waals surface area contributed by atoms with E-state index in [1.165, 1.54) is 0 Å². The molecule has 0 saturated carbocycles. The van der Waals surface area contributed by atoms with E-state index in [1.807, 2.05) is 6.92 Å². The largest absolute Gasteiger partial charge is 0.334 e. The predicted octanol–water partition coefficient (Wildman–Crippen LogP) is 2.89. The number of halogens is 2. The van der Waals surface area contributed by atoms with Crippen LogP contribution < -0.4 is 11.2 Å². The standard InChI is InChI=1S/C13H12BrClN2O2/c1-2-3-10-11(15)16-13(19)17(12(10)18)9-6-4-8(14)5-7-9/h4-7H,2-3H2,1H3,(H,16,19). The van der Waals surface area contributed by atoms with Crippen LogP contribution >= 0.6 is 27.5 Å². The van der Waals surface area contributed by atoms with Crippen molar-refractivity contribution in [1.29, 1.82) is 0 Å². The van der Waals surface area contributed by atoms with Gasteiger partial charge in [-0.25, -0.2) is 9.36 Å². The molecule has 0 saturated heterocycles. The van der Waals surface area contributed by atoms with Gasteiger partial charge in [-0.3, -0.25) is 9.78 Å². The van der Waals surface area contributed by atoms with Gasteiger partial charge in [0.15, 0.2) is 0 Å². The van der Waals surface area contributed by atoms with Gasteiger partial charge in [-0.1, -0.05) is 40.9 Å². The van der Waals surface area contributed by atoms with E-state index in [1.54, 1.807) is 24.3 Å². The molecule has 0 spiro atoms. The molecule has 2 rings (SSSR count). The molecular weight excluding hydrogens is 332 g/mol. The van der Waals surface area contributed by atoms with Gasteiger partial charge in [-0.15, -0.1) is 0 Å². The van der Waals surface area contributed by atoms with Crippen LogP contribution in [0.1, 0.15) is 18.9 Å². The SMILES string of the molecule is CCCc1c(Cl)[nH]c(=O)n(-c2ccc(Br)cc2)c1=O. The highest BCUT2D eigenvalue weighted by molar-refractivity contribution is 9.10. The van der Waals surface area contributed by atoms with Crippen molar-refractivity contribution in [3.8, 4) is 5.69 Å². The van der Waals surface area contributed by atoms with E-state index in [9.17, 15) is 9.59 Å². The molecule has 0 aliphatic heterocycles. The van der Waals surface area contributed by atoms with Crippen molar-refractivity contribution >= 4 is 27.5 Å². The number of benzene rings is 1. The van der Waals surface area contributed by atoms with Crippen LogP contribution in [-0.2, 0) is 6.42 Å². The number of nitrogens with one attached hydrogen (secondary N) is 1. The summed E-state index contributed by atoms with van der Waals surface area (Å²) in [5.74, 6) is 0. The number of nitrogens with zero attached hydrogens (tertiary/aromatic N) is 1. The third-order valence-corrected chi connectivity index (χ3v) is 3.58. The molecule has 1 heterocycles. The lowest BCUT2D eigenvalue weighted by Crippen LogP contribution is -2.36. The Morgan fingerprint density at radius 1 is 1.26 bits per heavy atom. The summed E-state index contributed by atoms with van der Waals surface area (Å²) in [6.07, 6.45) is 1.31. The highest BCUT2D eigenvalue weighted by Gasteiger charge is 2.13. The van der Waals surface area contributed by atoms with Crippen LogP contribution in [-0.4, -0.2) is 9.55 Å². The van der Waals surface area contributed by atoms with Crippen molar-refractivity contribution in [1.82, 2.24) is 9.55 Å². The molecule has 0 aliphatic rings. The average Bonchev–Trinajstić information content (AvgIpc) is 2.36. The lowest BCUT2D eigenvalue weighted by molar-refractivity contribution is 0.811. The van der Waals surface area contributed by atoms with Crippen LogP contribution in [0.5, 0.6) is 0 Å². The van der Waals surface area contributed by atoms with Gasteiger partial charge in [0.25, 0.3) is 5.56 Å². The van der Waals surface area contributed by atoms with Gasteiger partial charge >= 0.3 is 5.69 Å². The second-order valence-electron chi connectivity index (χ2n) is 4.09. The maximum absolute atomic E-state index is 12.3. The fourth-order valence-corrected chi connectivity index (χ4v) is 2.36. The van der Waals surface area contributed by atoms with Crippen molar-refractivity contribution < 1.29 is 0 Å². The first kappa shape index (κ1) is 14.1. The Morgan fingerprint density at radius 2 is 1.89 bits per heavy atom. The summed E-state index contributed by atoms with van der Waals surface area (Å²) >= 11 is 9.23. The monoisotopic (exact) mass is 342 g/mol. The van der Waals surface area contributed by atoms with Gasteiger partial charge in [-0.2, -0.15) is 0 Å². The van der Waals surface area contributed by atoms with Crippen LogP contribution in [0.15, 0.2) is 38.3 Å². The van der Waals surface area contributed by atoms with E-state index >= 15 is 0 Å². The number of hydrogen-bond donors (Lipinski definition) is 1. The number of aromatic amines is 1. The molecule has 1 aromatic carbocycles. The molecule has 0 unspecified atom stereocenters. The molecule has 6 heteroatoms. The van der Waals surface area contributed by atoms with E-state index < -0.39 is 5.69 Å². The molecule has 0 atom stereocenters. The highest BCUT2D eigenvalue weighted by atomic mass is 79.9. The molecule has 2 aromatic rings. The zero-order valence-corrected chi connectivity index (χ0v) is 12.6. The zero-order chi connectivity index (χ0) is 14.0. The van der Waals surface area contributed by atoms with Crippen LogP contribution in [0.4, 0.5) is 0 Å². The Hall–Kier alpha value is -1.33. The molecule has 0 fully saturated rings. The third-order valence-electron chi connectivity index (χ3n) is 2.73. The maximum atomic E-state index is 12.3. The van der Waals surface area contributed by atoms with Crippen molar-refractivity contribution in [2.45, 2.75) is 19.8 Å². The summed E-state index contributed by atoms with van der Waals surface area (Å²) < 4.78 is 1.98.